The number of halogens is 1. The van der Waals surface area contributed by atoms with Gasteiger partial charge in [-0.1, -0.05) is 12.1 Å². The molecule has 1 spiro atoms. The molecule has 2 aromatic rings. The molecule has 0 bridgehead atoms. The number of likely N-dealkylation sites (tertiary alicyclic amines) is 1. The van der Waals surface area contributed by atoms with E-state index >= 15 is 0 Å². The van der Waals surface area contributed by atoms with Gasteiger partial charge in [-0.3, -0.25) is 4.90 Å². The van der Waals surface area contributed by atoms with Crippen LogP contribution in [-0.4, -0.2) is 45.8 Å². The topological polar surface area (TPSA) is 46.0 Å². The van der Waals surface area contributed by atoms with Crippen LogP contribution < -0.4 is 5.32 Å². The van der Waals surface area contributed by atoms with Crippen molar-refractivity contribution in [2.24, 2.45) is 5.41 Å². The van der Waals surface area contributed by atoms with Gasteiger partial charge in [0.05, 0.1) is 5.69 Å². The summed E-state index contributed by atoms with van der Waals surface area (Å²) in [4.78, 5) is 6.61. The van der Waals surface area contributed by atoms with Crippen molar-refractivity contribution in [2.75, 3.05) is 26.2 Å². The Bertz CT molecular complexity index is 604. The van der Waals surface area contributed by atoms with Gasteiger partial charge in [-0.15, -0.1) is 12.4 Å². The Kier molecular flexibility index (Phi) is 4.99. The van der Waals surface area contributed by atoms with Crippen LogP contribution in [0.25, 0.3) is 5.69 Å². The SMILES string of the molecule is Cl.c1ncn(-c2ccc(CN3CCC4(CCNCC4)C3)cc2)n1. The van der Waals surface area contributed by atoms with Crippen LogP contribution in [-0.2, 0) is 6.54 Å². The Labute approximate surface area is 143 Å². The van der Waals surface area contributed by atoms with Crippen molar-refractivity contribution >= 4 is 12.4 Å². The van der Waals surface area contributed by atoms with Crippen LogP contribution in [0.3, 0.4) is 0 Å². The molecular formula is C17H24ClN5. The second-order valence-corrected chi connectivity index (χ2v) is 6.72. The molecule has 2 saturated heterocycles. The lowest BCUT2D eigenvalue weighted by atomic mass is 9.78. The number of hydrogen-bond donors (Lipinski definition) is 1. The summed E-state index contributed by atoms with van der Waals surface area (Å²) in [5.41, 5.74) is 3.04. The Hall–Kier alpha value is -1.43. The Morgan fingerprint density at radius 1 is 1.09 bits per heavy atom. The predicted octanol–water partition coefficient (Wildman–Crippen LogP) is 2.26. The van der Waals surface area contributed by atoms with Crippen LogP contribution in [0, 0.1) is 5.41 Å². The quantitative estimate of drug-likeness (QED) is 0.936. The molecule has 2 fully saturated rings. The number of rotatable bonds is 3. The highest BCUT2D eigenvalue weighted by molar-refractivity contribution is 5.85. The van der Waals surface area contributed by atoms with E-state index in [9.17, 15) is 0 Å². The third-order valence-corrected chi connectivity index (χ3v) is 5.21. The second-order valence-electron chi connectivity index (χ2n) is 6.72. The smallest absolute Gasteiger partial charge is 0.138 e. The molecule has 6 heteroatoms. The predicted molar refractivity (Wildman–Crippen MR) is 93.0 cm³/mol. The van der Waals surface area contributed by atoms with Crippen molar-refractivity contribution < 1.29 is 0 Å². The highest BCUT2D eigenvalue weighted by Gasteiger charge is 2.38. The molecule has 0 amide bonds. The summed E-state index contributed by atoms with van der Waals surface area (Å²) in [6.45, 7) is 5.96. The fourth-order valence-corrected chi connectivity index (χ4v) is 3.88. The Morgan fingerprint density at radius 2 is 1.87 bits per heavy atom. The second kappa shape index (κ2) is 6.99. The average Bonchev–Trinajstić information content (AvgIpc) is 3.20. The highest BCUT2D eigenvalue weighted by atomic mass is 35.5. The summed E-state index contributed by atoms with van der Waals surface area (Å²) < 4.78 is 1.80. The lowest BCUT2D eigenvalue weighted by molar-refractivity contribution is 0.194. The maximum Gasteiger partial charge on any atom is 0.138 e. The fraction of sp³-hybridized carbons (Fsp3) is 0.529. The molecule has 0 atom stereocenters. The lowest BCUT2D eigenvalue weighted by Crippen LogP contribution is -2.38. The molecule has 0 unspecified atom stereocenters. The summed E-state index contributed by atoms with van der Waals surface area (Å²) >= 11 is 0. The van der Waals surface area contributed by atoms with E-state index < -0.39 is 0 Å². The minimum atomic E-state index is 0. The van der Waals surface area contributed by atoms with Gasteiger partial charge in [0.15, 0.2) is 0 Å². The first kappa shape index (κ1) is 16.4. The van der Waals surface area contributed by atoms with Crippen LogP contribution in [0.2, 0.25) is 0 Å². The molecule has 0 aliphatic carbocycles. The van der Waals surface area contributed by atoms with Gasteiger partial charge in [0.2, 0.25) is 0 Å². The monoisotopic (exact) mass is 333 g/mol. The lowest BCUT2D eigenvalue weighted by Gasteiger charge is -2.33. The first-order valence-electron chi connectivity index (χ1n) is 8.20. The van der Waals surface area contributed by atoms with Crippen molar-refractivity contribution in [1.82, 2.24) is 25.0 Å². The third kappa shape index (κ3) is 3.57. The van der Waals surface area contributed by atoms with E-state index in [1.54, 1.807) is 17.3 Å². The van der Waals surface area contributed by atoms with E-state index in [2.05, 4.69) is 44.6 Å². The van der Waals surface area contributed by atoms with Gasteiger partial charge in [0, 0.05) is 13.1 Å². The number of nitrogens with zero attached hydrogens (tertiary/aromatic N) is 4. The van der Waals surface area contributed by atoms with E-state index in [0.29, 0.717) is 5.41 Å². The third-order valence-electron chi connectivity index (χ3n) is 5.21. The van der Waals surface area contributed by atoms with Crippen LogP contribution in [0.5, 0.6) is 0 Å². The molecule has 0 radical (unpaired) electrons. The first-order valence-corrected chi connectivity index (χ1v) is 8.20. The minimum absolute atomic E-state index is 0. The zero-order valence-corrected chi connectivity index (χ0v) is 14.1. The molecule has 4 rings (SSSR count). The standard InChI is InChI=1S/C17H23N5.ClH/c1-3-16(22-14-19-13-20-22)4-2-15(1)11-21-10-7-17(12-21)5-8-18-9-6-17;/h1-4,13-14,18H,5-12H2;1H. The van der Waals surface area contributed by atoms with Gasteiger partial charge < -0.3 is 5.32 Å². The van der Waals surface area contributed by atoms with Gasteiger partial charge in [0.25, 0.3) is 0 Å². The van der Waals surface area contributed by atoms with Gasteiger partial charge in [-0.05, 0) is 62.0 Å². The molecule has 1 aromatic carbocycles. The van der Waals surface area contributed by atoms with E-state index in [1.165, 1.54) is 51.0 Å². The van der Waals surface area contributed by atoms with Crippen molar-refractivity contribution in [3.8, 4) is 5.69 Å². The minimum Gasteiger partial charge on any atom is -0.317 e. The van der Waals surface area contributed by atoms with Crippen LogP contribution in [0.4, 0.5) is 0 Å². The molecule has 1 N–H and O–H groups in total. The number of benzene rings is 1. The van der Waals surface area contributed by atoms with E-state index in [4.69, 9.17) is 0 Å². The zero-order chi connectivity index (χ0) is 14.8. The maximum atomic E-state index is 4.17. The normalized spacial score (nSPS) is 20.5. The fourth-order valence-electron chi connectivity index (χ4n) is 3.88. The van der Waals surface area contributed by atoms with Crippen molar-refractivity contribution in [1.29, 1.82) is 0 Å². The summed E-state index contributed by atoms with van der Waals surface area (Å²) in [6, 6.07) is 8.68. The summed E-state index contributed by atoms with van der Waals surface area (Å²) in [5.74, 6) is 0. The summed E-state index contributed by atoms with van der Waals surface area (Å²) in [6.07, 6.45) is 7.35. The van der Waals surface area contributed by atoms with Gasteiger partial charge >= 0.3 is 0 Å². The van der Waals surface area contributed by atoms with E-state index in [-0.39, 0.29) is 12.4 Å². The van der Waals surface area contributed by atoms with Crippen molar-refractivity contribution in [3.63, 3.8) is 0 Å². The maximum absolute atomic E-state index is 4.17. The molecule has 0 saturated carbocycles. The summed E-state index contributed by atoms with van der Waals surface area (Å²) in [7, 11) is 0. The van der Waals surface area contributed by atoms with Gasteiger partial charge in [-0.2, -0.15) is 5.10 Å². The highest BCUT2D eigenvalue weighted by Crippen LogP contribution is 2.38. The number of nitrogens with one attached hydrogen (secondary N) is 1. The summed E-state index contributed by atoms with van der Waals surface area (Å²) in [5, 5.41) is 7.65. The number of aromatic nitrogens is 3. The molecule has 124 valence electrons. The molecular weight excluding hydrogens is 310 g/mol. The van der Waals surface area contributed by atoms with Gasteiger partial charge in [-0.25, -0.2) is 9.67 Å². The average molecular weight is 334 g/mol. The first-order chi connectivity index (χ1) is 10.8. The van der Waals surface area contributed by atoms with Crippen LogP contribution >= 0.6 is 12.4 Å². The largest absolute Gasteiger partial charge is 0.317 e. The van der Waals surface area contributed by atoms with Crippen LogP contribution in [0.15, 0.2) is 36.9 Å². The van der Waals surface area contributed by atoms with E-state index in [0.717, 1.165) is 12.2 Å². The molecule has 2 aliphatic rings. The Morgan fingerprint density at radius 3 is 2.57 bits per heavy atom. The molecule has 23 heavy (non-hydrogen) atoms. The Balaban J connectivity index is 0.00000156. The molecule has 1 aromatic heterocycles. The van der Waals surface area contributed by atoms with Gasteiger partial charge in [0.1, 0.15) is 12.7 Å². The molecule has 5 nitrogen and oxygen atoms in total. The molecule has 3 heterocycles. The number of hydrogen-bond acceptors (Lipinski definition) is 4. The zero-order valence-electron chi connectivity index (χ0n) is 13.3. The van der Waals surface area contributed by atoms with Crippen molar-refractivity contribution in [3.05, 3.63) is 42.5 Å². The van der Waals surface area contributed by atoms with E-state index in [1.807, 2.05) is 0 Å². The molecule has 2 aliphatic heterocycles. The van der Waals surface area contributed by atoms with Crippen molar-refractivity contribution in [2.45, 2.75) is 25.8 Å². The van der Waals surface area contributed by atoms with Crippen LogP contribution in [0.1, 0.15) is 24.8 Å². The number of piperidine rings is 1.